The summed E-state index contributed by atoms with van der Waals surface area (Å²) in [6.45, 7) is 2.69. The van der Waals surface area contributed by atoms with Crippen molar-refractivity contribution >= 4 is 5.91 Å². The van der Waals surface area contributed by atoms with Crippen molar-refractivity contribution in [2.75, 3.05) is 41.0 Å². The summed E-state index contributed by atoms with van der Waals surface area (Å²) in [5.74, 6) is 0.866. The van der Waals surface area contributed by atoms with E-state index in [2.05, 4.69) is 5.32 Å². The van der Waals surface area contributed by atoms with Gasteiger partial charge in [0.2, 0.25) is 5.91 Å². The number of carbonyl (C=O) groups is 1. The molecule has 0 spiro atoms. The molecule has 0 atom stereocenters. The first-order valence-electron chi connectivity index (χ1n) is 6.75. The van der Waals surface area contributed by atoms with Crippen LogP contribution in [0.25, 0.3) is 0 Å². The fourth-order valence-electron chi connectivity index (χ4n) is 1.63. The molecule has 1 aromatic carbocycles. The minimum Gasteiger partial charge on any atom is -0.493 e. The van der Waals surface area contributed by atoms with Crippen molar-refractivity contribution in [1.82, 2.24) is 10.2 Å². The summed E-state index contributed by atoms with van der Waals surface area (Å²) in [5, 5.41) is 3.28. The summed E-state index contributed by atoms with van der Waals surface area (Å²) in [6.07, 6.45) is 0.392. The smallest absolute Gasteiger partial charge is 0.225 e. The van der Waals surface area contributed by atoms with E-state index >= 15 is 0 Å². The Labute approximate surface area is 120 Å². The summed E-state index contributed by atoms with van der Waals surface area (Å²) in [6, 6.07) is 7.88. The van der Waals surface area contributed by atoms with Crippen molar-refractivity contribution in [2.45, 2.75) is 13.0 Å². The zero-order valence-corrected chi connectivity index (χ0v) is 12.5. The highest BCUT2D eigenvalue weighted by Crippen LogP contribution is 2.13. The van der Waals surface area contributed by atoms with E-state index in [1.165, 1.54) is 0 Å². The minimum atomic E-state index is 0.0717. The fraction of sp³-hybridized carbons (Fsp3) is 0.533. The van der Waals surface area contributed by atoms with E-state index in [9.17, 15) is 4.79 Å². The summed E-state index contributed by atoms with van der Waals surface area (Å²) >= 11 is 0. The predicted molar refractivity (Wildman–Crippen MR) is 78.8 cm³/mol. The summed E-state index contributed by atoms with van der Waals surface area (Å²) < 4.78 is 10.6. The van der Waals surface area contributed by atoms with Crippen LogP contribution in [-0.4, -0.2) is 51.8 Å². The molecule has 0 aromatic heterocycles. The first-order chi connectivity index (χ1) is 9.63. The third-order valence-corrected chi connectivity index (χ3v) is 2.79. The van der Waals surface area contributed by atoms with Gasteiger partial charge < -0.3 is 19.7 Å². The topological polar surface area (TPSA) is 50.8 Å². The molecule has 0 aliphatic heterocycles. The van der Waals surface area contributed by atoms with Gasteiger partial charge in [-0.15, -0.1) is 0 Å². The van der Waals surface area contributed by atoms with E-state index in [0.717, 1.165) is 24.4 Å². The maximum absolute atomic E-state index is 11.4. The molecule has 1 N–H and O–H groups in total. The molecule has 1 amide bonds. The van der Waals surface area contributed by atoms with Crippen LogP contribution >= 0.6 is 0 Å². The average Bonchev–Trinajstić information content (AvgIpc) is 2.44. The molecular formula is C15H24N2O3. The van der Waals surface area contributed by atoms with E-state index in [4.69, 9.17) is 9.47 Å². The van der Waals surface area contributed by atoms with Gasteiger partial charge in [0, 0.05) is 34.3 Å². The minimum absolute atomic E-state index is 0.0717. The predicted octanol–water partition coefficient (Wildman–Crippen LogP) is 1.28. The molecule has 0 bridgehead atoms. The Kier molecular flexibility index (Phi) is 7.69. The summed E-state index contributed by atoms with van der Waals surface area (Å²) in [7, 11) is 5.18. The van der Waals surface area contributed by atoms with Crippen LogP contribution in [0.4, 0.5) is 0 Å². The zero-order chi connectivity index (χ0) is 14.8. The highest BCUT2D eigenvalue weighted by Gasteiger charge is 2.04. The highest BCUT2D eigenvalue weighted by molar-refractivity contribution is 5.75. The van der Waals surface area contributed by atoms with Gasteiger partial charge in [-0.25, -0.2) is 0 Å². The molecule has 0 radical (unpaired) electrons. The van der Waals surface area contributed by atoms with Crippen molar-refractivity contribution in [3.8, 4) is 5.75 Å². The molecule has 0 aliphatic carbocycles. The number of hydrogen-bond acceptors (Lipinski definition) is 4. The summed E-state index contributed by atoms with van der Waals surface area (Å²) in [4.78, 5) is 13.0. The van der Waals surface area contributed by atoms with Crippen LogP contribution in [0.5, 0.6) is 5.75 Å². The monoisotopic (exact) mass is 280 g/mol. The molecule has 1 rings (SSSR count). The Morgan fingerprint density at radius 1 is 1.30 bits per heavy atom. The van der Waals surface area contributed by atoms with E-state index in [1.807, 2.05) is 24.3 Å². The molecule has 0 heterocycles. The van der Waals surface area contributed by atoms with E-state index in [0.29, 0.717) is 19.6 Å². The fourth-order valence-corrected chi connectivity index (χ4v) is 1.63. The van der Waals surface area contributed by atoms with Crippen LogP contribution in [0.3, 0.4) is 0 Å². The van der Waals surface area contributed by atoms with Gasteiger partial charge in [-0.3, -0.25) is 4.79 Å². The number of carbonyl (C=O) groups excluding carboxylic acids is 1. The second-order valence-corrected chi connectivity index (χ2v) is 4.70. The molecule has 0 aliphatic rings. The Morgan fingerprint density at radius 3 is 2.80 bits per heavy atom. The number of ether oxygens (including phenoxy) is 2. The average molecular weight is 280 g/mol. The standard InChI is InChI=1S/C15H24N2O3/c1-17(2)15(18)7-9-20-14-6-4-5-13(11-14)12-16-8-10-19-3/h4-6,11,16H,7-10,12H2,1-3H3. The molecule has 0 saturated heterocycles. The second-order valence-electron chi connectivity index (χ2n) is 4.70. The number of methoxy groups -OCH3 is 1. The Balaban J connectivity index is 2.34. The van der Waals surface area contributed by atoms with Crippen molar-refractivity contribution in [1.29, 1.82) is 0 Å². The lowest BCUT2D eigenvalue weighted by Crippen LogP contribution is -2.23. The van der Waals surface area contributed by atoms with Crippen molar-refractivity contribution in [2.24, 2.45) is 0 Å². The lowest BCUT2D eigenvalue weighted by Gasteiger charge is -2.11. The SMILES string of the molecule is COCCNCc1cccc(OCCC(=O)N(C)C)c1. The third-order valence-electron chi connectivity index (χ3n) is 2.79. The molecule has 5 nitrogen and oxygen atoms in total. The largest absolute Gasteiger partial charge is 0.493 e. The van der Waals surface area contributed by atoms with Gasteiger partial charge in [0.25, 0.3) is 0 Å². The number of nitrogens with zero attached hydrogens (tertiary/aromatic N) is 1. The highest BCUT2D eigenvalue weighted by atomic mass is 16.5. The lowest BCUT2D eigenvalue weighted by atomic mass is 10.2. The second kappa shape index (κ2) is 9.34. The van der Waals surface area contributed by atoms with Crippen LogP contribution < -0.4 is 10.1 Å². The molecule has 0 saturated carbocycles. The van der Waals surface area contributed by atoms with Gasteiger partial charge in [0.05, 0.1) is 19.6 Å². The van der Waals surface area contributed by atoms with Crippen LogP contribution in [0.2, 0.25) is 0 Å². The van der Waals surface area contributed by atoms with E-state index in [-0.39, 0.29) is 5.91 Å². The lowest BCUT2D eigenvalue weighted by molar-refractivity contribution is -0.129. The molecule has 0 fully saturated rings. The van der Waals surface area contributed by atoms with Crippen LogP contribution in [0, 0.1) is 0 Å². The van der Waals surface area contributed by atoms with Crippen molar-refractivity contribution in [3.05, 3.63) is 29.8 Å². The molecule has 20 heavy (non-hydrogen) atoms. The van der Waals surface area contributed by atoms with E-state index < -0.39 is 0 Å². The molecule has 0 unspecified atom stereocenters. The quantitative estimate of drug-likeness (QED) is 0.692. The number of hydrogen-bond donors (Lipinski definition) is 1. The van der Waals surface area contributed by atoms with Gasteiger partial charge in [-0.2, -0.15) is 0 Å². The Bertz CT molecular complexity index is 408. The molecule has 112 valence electrons. The van der Waals surface area contributed by atoms with Gasteiger partial charge in [0.15, 0.2) is 0 Å². The van der Waals surface area contributed by atoms with Crippen LogP contribution in [0.15, 0.2) is 24.3 Å². The van der Waals surface area contributed by atoms with Gasteiger partial charge in [-0.1, -0.05) is 12.1 Å². The molecular weight excluding hydrogens is 256 g/mol. The number of benzene rings is 1. The molecule has 5 heteroatoms. The Hall–Kier alpha value is -1.59. The zero-order valence-electron chi connectivity index (χ0n) is 12.5. The summed E-state index contributed by atoms with van der Waals surface area (Å²) in [5.41, 5.74) is 1.15. The van der Waals surface area contributed by atoms with Crippen molar-refractivity contribution < 1.29 is 14.3 Å². The molecule has 1 aromatic rings. The normalized spacial score (nSPS) is 10.3. The first kappa shape index (κ1) is 16.5. The van der Waals surface area contributed by atoms with Gasteiger partial charge in [0.1, 0.15) is 5.75 Å². The van der Waals surface area contributed by atoms with Crippen LogP contribution in [-0.2, 0) is 16.1 Å². The van der Waals surface area contributed by atoms with Gasteiger partial charge in [-0.05, 0) is 17.7 Å². The first-order valence-corrected chi connectivity index (χ1v) is 6.75. The van der Waals surface area contributed by atoms with Crippen molar-refractivity contribution in [3.63, 3.8) is 0 Å². The maximum Gasteiger partial charge on any atom is 0.225 e. The Morgan fingerprint density at radius 2 is 2.10 bits per heavy atom. The van der Waals surface area contributed by atoms with E-state index in [1.54, 1.807) is 26.1 Å². The number of rotatable bonds is 9. The third kappa shape index (κ3) is 6.54. The van der Waals surface area contributed by atoms with Crippen LogP contribution in [0.1, 0.15) is 12.0 Å². The number of amides is 1. The maximum atomic E-state index is 11.4. The van der Waals surface area contributed by atoms with Gasteiger partial charge >= 0.3 is 0 Å². The number of nitrogens with one attached hydrogen (secondary N) is 1.